The lowest BCUT2D eigenvalue weighted by molar-refractivity contribution is 0.0914. The van der Waals surface area contributed by atoms with Crippen LogP contribution in [0.15, 0.2) is 24.8 Å². The monoisotopic (exact) mass is 319 g/mol. The Bertz CT molecular complexity index is 558. The molecule has 0 radical (unpaired) electrons. The summed E-state index contributed by atoms with van der Waals surface area (Å²) in [5.41, 5.74) is 1.97. The van der Waals surface area contributed by atoms with E-state index in [1.165, 1.54) is 0 Å². The molecule has 0 heterocycles. The highest BCUT2D eigenvalue weighted by Gasteiger charge is 2.23. The first-order valence-electron chi connectivity index (χ1n) is 7.97. The van der Waals surface area contributed by atoms with E-state index in [1.54, 1.807) is 13.2 Å². The summed E-state index contributed by atoms with van der Waals surface area (Å²) in [6.45, 7) is 11.4. The summed E-state index contributed by atoms with van der Waals surface area (Å²) in [6.07, 6.45) is 3.06. The van der Waals surface area contributed by atoms with Gasteiger partial charge < -0.3 is 15.2 Å². The zero-order valence-corrected chi connectivity index (χ0v) is 14.9. The number of aliphatic hydroxyl groups is 1. The summed E-state index contributed by atoms with van der Waals surface area (Å²) in [6, 6.07) is 3.79. The maximum Gasteiger partial charge on any atom is 0.255 e. The van der Waals surface area contributed by atoms with Crippen molar-refractivity contribution in [3.05, 3.63) is 41.5 Å². The number of methoxy groups -OCH3 is 1. The third-order valence-corrected chi connectivity index (χ3v) is 3.42. The van der Waals surface area contributed by atoms with Crippen molar-refractivity contribution in [3.63, 3.8) is 0 Å². The first-order valence-corrected chi connectivity index (χ1v) is 7.97. The van der Waals surface area contributed by atoms with Gasteiger partial charge in [0.15, 0.2) is 0 Å². The molecule has 0 aromatic heterocycles. The Balaban J connectivity index is 3.19. The molecule has 23 heavy (non-hydrogen) atoms. The maximum absolute atomic E-state index is 12.7. The van der Waals surface area contributed by atoms with Crippen LogP contribution in [0.25, 0.3) is 0 Å². The van der Waals surface area contributed by atoms with Crippen LogP contribution in [-0.4, -0.2) is 29.8 Å². The molecule has 1 aromatic rings. The van der Waals surface area contributed by atoms with Crippen molar-refractivity contribution in [2.45, 2.75) is 58.6 Å². The van der Waals surface area contributed by atoms with Crippen molar-refractivity contribution in [2.24, 2.45) is 0 Å². The number of aryl methyl sites for hydroxylation is 1. The molecule has 0 spiro atoms. The van der Waals surface area contributed by atoms with Crippen LogP contribution in [0.1, 0.15) is 55.1 Å². The Morgan fingerprint density at radius 2 is 2.09 bits per heavy atom. The van der Waals surface area contributed by atoms with Crippen molar-refractivity contribution in [2.75, 3.05) is 7.11 Å². The second-order valence-electron chi connectivity index (χ2n) is 6.93. The second kappa shape index (κ2) is 8.16. The molecule has 4 nitrogen and oxygen atoms in total. The standard InChI is InChI=1S/C19H29NO3/c1-7-8-9-15(21)12-14-10-13(2)11-16(23-6)17(14)18(22)20-19(3,4)5/h7,10-11,15,21H,1,8-9,12H2,2-6H3,(H,20,22)/t15-/m0/s1. The molecule has 0 fully saturated rings. The summed E-state index contributed by atoms with van der Waals surface area (Å²) in [7, 11) is 1.56. The van der Waals surface area contributed by atoms with Gasteiger partial charge >= 0.3 is 0 Å². The van der Waals surface area contributed by atoms with Crippen LogP contribution in [0.5, 0.6) is 5.75 Å². The van der Waals surface area contributed by atoms with E-state index in [-0.39, 0.29) is 11.4 Å². The summed E-state index contributed by atoms with van der Waals surface area (Å²) in [5, 5.41) is 13.2. The molecule has 0 saturated carbocycles. The van der Waals surface area contributed by atoms with E-state index in [2.05, 4.69) is 11.9 Å². The van der Waals surface area contributed by atoms with Crippen molar-refractivity contribution < 1.29 is 14.6 Å². The smallest absolute Gasteiger partial charge is 0.255 e. The summed E-state index contributed by atoms with van der Waals surface area (Å²) in [4.78, 5) is 12.7. The highest BCUT2D eigenvalue weighted by molar-refractivity contribution is 5.99. The predicted octanol–water partition coefficient (Wildman–Crippen LogP) is 3.40. The van der Waals surface area contributed by atoms with Gasteiger partial charge in [-0.2, -0.15) is 0 Å². The van der Waals surface area contributed by atoms with Crippen molar-refractivity contribution in [1.82, 2.24) is 5.32 Å². The molecular weight excluding hydrogens is 290 g/mol. The number of hydrogen-bond donors (Lipinski definition) is 2. The average Bonchev–Trinajstić information content (AvgIpc) is 2.42. The van der Waals surface area contributed by atoms with Crippen LogP contribution in [0.3, 0.4) is 0 Å². The number of carbonyl (C=O) groups excluding carboxylic acids is 1. The van der Waals surface area contributed by atoms with E-state index in [0.717, 1.165) is 17.5 Å². The Morgan fingerprint density at radius 1 is 1.43 bits per heavy atom. The minimum Gasteiger partial charge on any atom is -0.496 e. The second-order valence-corrected chi connectivity index (χ2v) is 6.93. The molecule has 0 saturated heterocycles. The van der Waals surface area contributed by atoms with Gasteiger partial charge in [-0.1, -0.05) is 12.1 Å². The molecule has 0 aliphatic rings. The minimum absolute atomic E-state index is 0.180. The van der Waals surface area contributed by atoms with Gasteiger partial charge in [-0.05, 0) is 64.2 Å². The highest BCUT2D eigenvalue weighted by Crippen LogP contribution is 2.27. The van der Waals surface area contributed by atoms with E-state index in [1.807, 2.05) is 39.8 Å². The first-order chi connectivity index (χ1) is 10.7. The van der Waals surface area contributed by atoms with E-state index in [0.29, 0.717) is 24.2 Å². The molecule has 0 aliphatic heterocycles. The van der Waals surface area contributed by atoms with Crippen LogP contribution in [0.4, 0.5) is 0 Å². The Labute approximate surface area is 139 Å². The third-order valence-electron chi connectivity index (χ3n) is 3.42. The number of ether oxygens (including phenoxy) is 1. The fourth-order valence-electron chi connectivity index (χ4n) is 2.47. The Kier molecular flexibility index (Phi) is 6.82. The summed E-state index contributed by atoms with van der Waals surface area (Å²) < 4.78 is 5.41. The van der Waals surface area contributed by atoms with Gasteiger partial charge in [0.2, 0.25) is 0 Å². The van der Waals surface area contributed by atoms with E-state index in [4.69, 9.17) is 4.74 Å². The number of carbonyl (C=O) groups is 1. The van der Waals surface area contributed by atoms with Gasteiger partial charge in [0.1, 0.15) is 5.75 Å². The molecule has 0 unspecified atom stereocenters. The van der Waals surface area contributed by atoms with E-state index >= 15 is 0 Å². The lowest BCUT2D eigenvalue weighted by Crippen LogP contribution is -2.41. The number of amides is 1. The first kappa shape index (κ1) is 19.2. The van der Waals surface area contributed by atoms with Crippen molar-refractivity contribution in [3.8, 4) is 5.75 Å². The molecule has 1 amide bonds. The van der Waals surface area contributed by atoms with Crippen LogP contribution in [0, 0.1) is 6.92 Å². The molecular formula is C19H29NO3. The average molecular weight is 319 g/mol. The fraction of sp³-hybridized carbons (Fsp3) is 0.526. The number of benzene rings is 1. The zero-order chi connectivity index (χ0) is 17.6. The minimum atomic E-state index is -0.513. The predicted molar refractivity (Wildman–Crippen MR) is 94.1 cm³/mol. The van der Waals surface area contributed by atoms with Crippen LogP contribution in [0.2, 0.25) is 0 Å². The molecule has 4 heteroatoms. The topological polar surface area (TPSA) is 58.6 Å². The molecule has 0 aliphatic carbocycles. The molecule has 128 valence electrons. The molecule has 1 atom stereocenters. The SMILES string of the molecule is C=CCC[C@H](O)Cc1cc(C)cc(OC)c1C(=O)NC(C)(C)C. The van der Waals surface area contributed by atoms with Crippen LogP contribution in [-0.2, 0) is 6.42 Å². The van der Waals surface area contributed by atoms with Crippen molar-refractivity contribution >= 4 is 5.91 Å². The van der Waals surface area contributed by atoms with E-state index < -0.39 is 6.10 Å². The number of hydrogen-bond acceptors (Lipinski definition) is 3. The van der Waals surface area contributed by atoms with Gasteiger partial charge in [-0.15, -0.1) is 6.58 Å². The lowest BCUT2D eigenvalue weighted by Gasteiger charge is -2.23. The fourth-order valence-corrected chi connectivity index (χ4v) is 2.47. The highest BCUT2D eigenvalue weighted by atomic mass is 16.5. The van der Waals surface area contributed by atoms with Gasteiger partial charge in [0.05, 0.1) is 18.8 Å². The third kappa shape index (κ3) is 6.06. The lowest BCUT2D eigenvalue weighted by atomic mass is 9.95. The van der Waals surface area contributed by atoms with Crippen LogP contribution >= 0.6 is 0 Å². The van der Waals surface area contributed by atoms with Gasteiger partial charge in [-0.3, -0.25) is 4.79 Å². The zero-order valence-electron chi connectivity index (χ0n) is 14.9. The Morgan fingerprint density at radius 3 is 2.61 bits per heavy atom. The normalized spacial score (nSPS) is 12.6. The van der Waals surface area contributed by atoms with Crippen LogP contribution < -0.4 is 10.1 Å². The number of rotatable bonds is 7. The summed E-state index contributed by atoms with van der Waals surface area (Å²) >= 11 is 0. The van der Waals surface area contributed by atoms with Gasteiger partial charge in [0.25, 0.3) is 5.91 Å². The van der Waals surface area contributed by atoms with Gasteiger partial charge in [-0.25, -0.2) is 0 Å². The number of aliphatic hydroxyl groups excluding tert-OH is 1. The number of allylic oxidation sites excluding steroid dienone is 1. The molecule has 2 N–H and O–H groups in total. The van der Waals surface area contributed by atoms with Gasteiger partial charge in [0, 0.05) is 5.54 Å². The Hall–Kier alpha value is -1.81. The van der Waals surface area contributed by atoms with E-state index in [9.17, 15) is 9.90 Å². The molecule has 0 bridgehead atoms. The largest absolute Gasteiger partial charge is 0.496 e. The number of nitrogens with one attached hydrogen (secondary N) is 1. The molecule has 1 aromatic carbocycles. The molecule has 1 rings (SSSR count). The quantitative estimate of drug-likeness (QED) is 0.757. The maximum atomic E-state index is 12.7. The summed E-state index contributed by atoms with van der Waals surface area (Å²) in [5.74, 6) is 0.359. The van der Waals surface area contributed by atoms with Crippen molar-refractivity contribution in [1.29, 1.82) is 0 Å².